The maximum absolute atomic E-state index is 10.7. The smallest absolute Gasteiger partial charge is 0.272 e. The van der Waals surface area contributed by atoms with Crippen LogP contribution in [0.25, 0.3) is 0 Å². The van der Waals surface area contributed by atoms with Crippen molar-refractivity contribution in [2.45, 2.75) is 19.3 Å². The number of nitrogens with zero attached hydrogens (tertiary/aromatic N) is 2. The van der Waals surface area contributed by atoms with Crippen molar-refractivity contribution in [1.82, 2.24) is 0 Å². The molecule has 0 aliphatic carbocycles. The number of rotatable bonds is 2. The maximum Gasteiger partial charge on any atom is 0.272 e. The van der Waals surface area contributed by atoms with Crippen LogP contribution in [0.1, 0.15) is 24.8 Å². The summed E-state index contributed by atoms with van der Waals surface area (Å²) in [6.45, 7) is 5.81. The van der Waals surface area contributed by atoms with Crippen molar-refractivity contribution in [3.8, 4) is 0 Å². The molecule has 1 heterocycles. The van der Waals surface area contributed by atoms with Gasteiger partial charge in [-0.25, -0.2) is 0 Å². The SMILES string of the molecule is [CH2]c1cc(N2CCCCC2)ccc1[N+](=O)[O-]. The molecule has 4 nitrogen and oxygen atoms in total. The van der Waals surface area contributed by atoms with E-state index in [-0.39, 0.29) is 10.6 Å². The molecule has 0 amide bonds. The zero-order valence-electron chi connectivity index (χ0n) is 9.19. The Balaban J connectivity index is 2.23. The zero-order valence-corrected chi connectivity index (χ0v) is 9.19. The van der Waals surface area contributed by atoms with Crippen LogP contribution in [0.4, 0.5) is 11.4 Å². The van der Waals surface area contributed by atoms with Crippen LogP contribution < -0.4 is 4.90 Å². The second-order valence-electron chi connectivity index (χ2n) is 4.12. The summed E-state index contributed by atoms with van der Waals surface area (Å²) in [7, 11) is 0. The van der Waals surface area contributed by atoms with Gasteiger partial charge >= 0.3 is 0 Å². The molecule has 0 unspecified atom stereocenters. The molecule has 16 heavy (non-hydrogen) atoms. The van der Waals surface area contributed by atoms with Gasteiger partial charge in [0.25, 0.3) is 5.69 Å². The summed E-state index contributed by atoms with van der Waals surface area (Å²) in [6.07, 6.45) is 3.67. The van der Waals surface area contributed by atoms with Gasteiger partial charge in [0.15, 0.2) is 0 Å². The highest BCUT2D eigenvalue weighted by Crippen LogP contribution is 2.26. The Kier molecular flexibility index (Phi) is 3.08. The molecule has 0 spiro atoms. The Morgan fingerprint density at radius 3 is 2.50 bits per heavy atom. The van der Waals surface area contributed by atoms with Gasteiger partial charge < -0.3 is 4.90 Å². The van der Waals surface area contributed by atoms with Crippen molar-refractivity contribution in [2.75, 3.05) is 18.0 Å². The Morgan fingerprint density at radius 2 is 1.94 bits per heavy atom. The lowest BCUT2D eigenvalue weighted by atomic mass is 10.1. The fourth-order valence-electron chi connectivity index (χ4n) is 2.10. The van der Waals surface area contributed by atoms with Crippen molar-refractivity contribution in [1.29, 1.82) is 0 Å². The number of nitro groups is 1. The predicted molar refractivity (Wildman–Crippen MR) is 63.6 cm³/mol. The maximum atomic E-state index is 10.7. The minimum atomic E-state index is -0.387. The Morgan fingerprint density at radius 1 is 1.25 bits per heavy atom. The van der Waals surface area contributed by atoms with Gasteiger partial charge in [-0.2, -0.15) is 0 Å². The van der Waals surface area contributed by atoms with E-state index in [0.717, 1.165) is 18.8 Å². The van der Waals surface area contributed by atoms with Crippen LogP contribution in [0.15, 0.2) is 18.2 Å². The third-order valence-corrected chi connectivity index (χ3v) is 2.98. The van der Waals surface area contributed by atoms with Crippen molar-refractivity contribution in [3.05, 3.63) is 40.8 Å². The molecule has 1 saturated heterocycles. The molecule has 1 aliphatic heterocycles. The molecule has 85 valence electrons. The standard InChI is InChI=1S/C12H15N2O2/c1-10-9-11(5-6-12(10)14(15)16)13-7-3-2-4-8-13/h5-6,9H,1-4,7-8H2. The molecular weight excluding hydrogens is 204 g/mol. The molecule has 0 saturated carbocycles. The van der Waals surface area contributed by atoms with E-state index in [4.69, 9.17) is 0 Å². The van der Waals surface area contributed by atoms with Gasteiger partial charge in [-0.1, -0.05) is 0 Å². The van der Waals surface area contributed by atoms with Crippen molar-refractivity contribution < 1.29 is 4.92 Å². The van der Waals surface area contributed by atoms with Crippen LogP contribution >= 0.6 is 0 Å². The van der Waals surface area contributed by atoms with E-state index in [1.165, 1.54) is 19.3 Å². The Labute approximate surface area is 95.0 Å². The number of nitro benzene ring substituents is 1. The molecule has 0 bridgehead atoms. The topological polar surface area (TPSA) is 46.4 Å². The summed E-state index contributed by atoms with van der Waals surface area (Å²) in [4.78, 5) is 12.5. The normalized spacial score (nSPS) is 16.2. The monoisotopic (exact) mass is 219 g/mol. The highest BCUT2D eigenvalue weighted by molar-refractivity contribution is 5.56. The molecule has 1 radical (unpaired) electrons. The summed E-state index contributed by atoms with van der Waals surface area (Å²) in [6, 6.07) is 5.17. The molecule has 2 rings (SSSR count). The third-order valence-electron chi connectivity index (χ3n) is 2.98. The van der Waals surface area contributed by atoms with Crippen molar-refractivity contribution in [3.63, 3.8) is 0 Å². The molecule has 4 heteroatoms. The Hall–Kier alpha value is -1.58. The van der Waals surface area contributed by atoms with Crippen LogP contribution in [0.5, 0.6) is 0 Å². The van der Waals surface area contributed by atoms with Gasteiger partial charge in [0.05, 0.1) is 4.92 Å². The summed E-state index contributed by atoms with van der Waals surface area (Å²) in [5.74, 6) is 0. The summed E-state index contributed by atoms with van der Waals surface area (Å²) >= 11 is 0. The van der Waals surface area contributed by atoms with E-state index in [2.05, 4.69) is 11.8 Å². The molecule has 0 atom stereocenters. The molecule has 1 aromatic carbocycles. The fourth-order valence-corrected chi connectivity index (χ4v) is 2.10. The first-order valence-corrected chi connectivity index (χ1v) is 5.54. The van der Waals surface area contributed by atoms with Crippen LogP contribution in [-0.2, 0) is 0 Å². The van der Waals surface area contributed by atoms with Gasteiger partial charge in [-0.05, 0) is 38.3 Å². The van der Waals surface area contributed by atoms with Crippen LogP contribution in [0.3, 0.4) is 0 Å². The van der Waals surface area contributed by atoms with Crippen LogP contribution in [0, 0.1) is 17.0 Å². The number of benzene rings is 1. The highest BCUT2D eigenvalue weighted by atomic mass is 16.6. The van der Waals surface area contributed by atoms with E-state index >= 15 is 0 Å². The van der Waals surface area contributed by atoms with Crippen LogP contribution in [0.2, 0.25) is 0 Å². The minimum absolute atomic E-state index is 0.0979. The number of hydrogen-bond acceptors (Lipinski definition) is 3. The summed E-state index contributed by atoms with van der Waals surface area (Å²) in [5.41, 5.74) is 1.64. The van der Waals surface area contributed by atoms with E-state index < -0.39 is 0 Å². The van der Waals surface area contributed by atoms with Crippen LogP contribution in [-0.4, -0.2) is 18.0 Å². The first-order valence-electron chi connectivity index (χ1n) is 5.54. The number of piperidine rings is 1. The first kappa shape index (κ1) is 10.9. The summed E-state index contributed by atoms with van der Waals surface area (Å²) in [5, 5.41) is 10.7. The fraction of sp³-hybridized carbons (Fsp3) is 0.417. The van der Waals surface area contributed by atoms with E-state index in [1.54, 1.807) is 6.07 Å². The Bertz CT molecular complexity index is 398. The quantitative estimate of drug-likeness (QED) is 0.567. The number of anilines is 1. The van der Waals surface area contributed by atoms with Crippen molar-refractivity contribution in [2.24, 2.45) is 0 Å². The number of hydrogen-bond donors (Lipinski definition) is 0. The van der Waals surface area contributed by atoms with E-state index in [0.29, 0.717) is 5.56 Å². The van der Waals surface area contributed by atoms with Gasteiger partial charge in [-0.15, -0.1) is 0 Å². The molecule has 0 aromatic heterocycles. The van der Waals surface area contributed by atoms with Gasteiger partial charge in [0.1, 0.15) is 0 Å². The third kappa shape index (κ3) is 2.15. The molecule has 1 aromatic rings. The largest absolute Gasteiger partial charge is 0.372 e. The average molecular weight is 219 g/mol. The molecule has 1 aliphatic rings. The second-order valence-corrected chi connectivity index (χ2v) is 4.12. The lowest BCUT2D eigenvalue weighted by Gasteiger charge is -2.28. The van der Waals surface area contributed by atoms with Gasteiger partial charge in [0, 0.05) is 30.4 Å². The van der Waals surface area contributed by atoms with Gasteiger partial charge in [0.2, 0.25) is 0 Å². The van der Waals surface area contributed by atoms with Crippen molar-refractivity contribution >= 4 is 11.4 Å². The highest BCUT2D eigenvalue weighted by Gasteiger charge is 2.15. The second kappa shape index (κ2) is 4.51. The van der Waals surface area contributed by atoms with E-state index in [1.807, 2.05) is 12.1 Å². The lowest BCUT2D eigenvalue weighted by Crippen LogP contribution is -2.29. The lowest BCUT2D eigenvalue weighted by molar-refractivity contribution is -0.385. The molecular formula is C12H15N2O2. The average Bonchev–Trinajstić information content (AvgIpc) is 2.29. The molecule has 0 N–H and O–H groups in total. The summed E-state index contributed by atoms with van der Waals surface area (Å²) < 4.78 is 0. The van der Waals surface area contributed by atoms with Gasteiger partial charge in [-0.3, -0.25) is 10.1 Å². The van der Waals surface area contributed by atoms with E-state index in [9.17, 15) is 10.1 Å². The first-order chi connectivity index (χ1) is 7.68. The minimum Gasteiger partial charge on any atom is -0.372 e. The molecule has 1 fully saturated rings. The zero-order chi connectivity index (χ0) is 11.5. The predicted octanol–water partition coefficient (Wildman–Crippen LogP) is 2.77.